The van der Waals surface area contributed by atoms with E-state index in [1.165, 1.54) is 0 Å². The zero-order chi connectivity index (χ0) is 21.9. The molecule has 0 aromatic heterocycles. The molecule has 0 radical (unpaired) electrons. The Morgan fingerprint density at radius 2 is 1.83 bits per heavy atom. The highest BCUT2D eigenvalue weighted by Crippen LogP contribution is 2.27. The Morgan fingerprint density at radius 3 is 2.50 bits per heavy atom. The lowest BCUT2D eigenvalue weighted by atomic mass is 10.2. The summed E-state index contributed by atoms with van der Waals surface area (Å²) in [6.07, 6.45) is 0.840. The maximum atomic E-state index is 12.3. The molecule has 2 aromatic rings. The van der Waals surface area contributed by atoms with Gasteiger partial charge in [0.25, 0.3) is 0 Å². The van der Waals surface area contributed by atoms with E-state index in [1.807, 2.05) is 30.3 Å². The van der Waals surface area contributed by atoms with Crippen LogP contribution >= 0.6 is 35.4 Å². The molecule has 0 bridgehead atoms. The van der Waals surface area contributed by atoms with E-state index in [0.717, 1.165) is 5.56 Å². The number of carbonyl (C=O) groups is 2. The predicted molar refractivity (Wildman–Crippen MR) is 123 cm³/mol. The van der Waals surface area contributed by atoms with E-state index in [-0.39, 0.29) is 23.9 Å². The lowest BCUT2D eigenvalue weighted by Gasteiger charge is -2.25. The van der Waals surface area contributed by atoms with Crippen molar-refractivity contribution in [2.24, 2.45) is 5.73 Å². The molecule has 0 spiro atoms. The van der Waals surface area contributed by atoms with Gasteiger partial charge in [-0.15, -0.1) is 0 Å². The van der Waals surface area contributed by atoms with Gasteiger partial charge in [-0.2, -0.15) is 0 Å². The van der Waals surface area contributed by atoms with Gasteiger partial charge in [0.1, 0.15) is 5.75 Å². The molecule has 0 atom stereocenters. The van der Waals surface area contributed by atoms with Crippen LogP contribution in [0.3, 0.4) is 0 Å². The van der Waals surface area contributed by atoms with E-state index in [4.69, 9.17) is 45.9 Å². The van der Waals surface area contributed by atoms with Crippen LogP contribution in [0.2, 0.25) is 10.0 Å². The maximum Gasteiger partial charge on any atom is 0.226 e. The van der Waals surface area contributed by atoms with Crippen molar-refractivity contribution >= 4 is 52.3 Å². The van der Waals surface area contributed by atoms with Crippen LogP contribution in [0.15, 0.2) is 48.5 Å². The summed E-state index contributed by atoms with van der Waals surface area (Å²) in [6, 6.07) is 14.6. The fourth-order valence-corrected chi connectivity index (χ4v) is 3.30. The largest absolute Gasteiger partial charge is 0.492 e. The van der Waals surface area contributed by atoms with Crippen LogP contribution in [-0.4, -0.2) is 35.0 Å². The third-order valence-corrected chi connectivity index (χ3v) is 4.97. The van der Waals surface area contributed by atoms with E-state index in [2.05, 4.69) is 5.32 Å². The van der Waals surface area contributed by atoms with Gasteiger partial charge < -0.3 is 20.7 Å². The van der Waals surface area contributed by atoms with Crippen LogP contribution in [0.1, 0.15) is 24.8 Å². The van der Waals surface area contributed by atoms with E-state index >= 15 is 0 Å². The van der Waals surface area contributed by atoms with E-state index in [1.54, 1.807) is 23.1 Å². The lowest BCUT2D eigenvalue weighted by molar-refractivity contribution is -0.120. The van der Waals surface area contributed by atoms with E-state index in [0.29, 0.717) is 41.9 Å². The van der Waals surface area contributed by atoms with Gasteiger partial charge >= 0.3 is 0 Å². The molecule has 2 rings (SSSR count). The van der Waals surface area contributed by atoms with Gasteiger partial charge in [0.05, 0.1) is 11.6 Å². The normalized spacial score (nSPS) is 10.3. The summed E-state index contributed by atoms with van der Waals surface area (Å²) in [5.74, 6) is -0.152. The van der Waals surface area contributed by atoms with E-state index in [9.17, 15) is 9.59 Å². The van der Waals surface area contributed by atoms with Gasteiger partial charge in [-0.1, -0.05) is 53.5 Å². The minimum atomic E-state index is -0.430. The number of halogens is 2. The topological polar surface area (TPSA) is 84.7 Å². The number of hydrogen-bond donors (Lipinski definition) is 2. The minimum Gasteiger partial charge on any atom is -0.492 e. The van der Waals surface area contributed by atoms with Crippen LogP contribution < -0.4 is 15.8 Å². The first-order chi connectivity index (χ1) is 14.3. The number of benzene rings is 2. The summed E-state index contributed by atoms with van der Waals surface area (Å²) in [5, 5.41) is 3.91. The van der Waals surface area contributed by atoms with Crippen molar-refractivity contribution in [2.75, 3.05) is 13.2 Å². The highest BCUT2D eigenvalue weighted by atomic mass is 35.5. The van der Waals surface area contributed by atoms with Crippen LogP contribution in [0.5, 0.6) is 5.75 Å². The number of thiocarbonyl (C=S) groups is 1. The Balaban J connectivity index is 1.81. The molecule has 160 valence electrons. The van der Waals surface area contributed by atoms with Crippen molar-refractivity contribution in [1.82, 2.24) is 10.2 Å². The van der Waals surface area contributed by atoms with Crippen molar-refractivity contribution in [3.63, 3.8) is 0 Å². The molecule has 0 aliphatic rings. The average Bonchev–Trinajstić information content (AvgIpc) is 2.70. The number of nitrogens with zero attached hydrogens (tertiary/aromatic N) is 1. The molecule has 3 N–H and O–H groups in total. The quantitative estimate of drug-likeness (QED) is 0.408. The molecular formula is C21H23Cl2N3O3S. The number of amides is 2. The Bertz CT molecular complexity index is 881. The van der Waals surface area contributed by atoms with Crippen LogP contribution in [0.25, 0.3) is 0 Å². The van der Waals surface area contributed by atoms with Crippen molar-refractivity contribution in [2.45, 2.75) is 25.8 Å². The van der Waals surface area contributed by atoms with Crippen molar-refractivity contribution < 1.29 is 14.3 Å². The number of rotatable bonds is 10. The summed E-state index contributed by atoms with van der Waals surface area (Å²) in [4.78, 5) is 25.2. The molecule has 0 saturated carbocycles. The molecule has 0 aliphatic carbocycles. The van der Waals surface area contributed by atoms with Crippen LogP contribution in [-0.2, 0) is 16.1 Å². The Hall–Kier alpha value is -2.35. The second-order valence-corrected chi connectivity index (χ2v) is 7.73. The zero-order valence-electron chi connectivity index (χ0n) is 16.3. The first-order valence-electron chi connectivity index (χ1n) is 9.34. The average molecular weight is 468 g/mol. The molecule has 30 heavy (non-hydrogen) atoms. The van der Waals surface area contributed by atoms with Gasteiger partial charge in [-0.3, -0.25) is 9.59 Å². The van der Waals surface area contributed by atoms with Crippen molar-refractivity contribution in [3.8, 4) is 5.75 Å². The highest BCUT2D eigenvalue weighted by molar-refractivity contribution is 7.80. The predicted octanol–water partition coefficient (Wildman–Crippen LogP) is 3.93. The number of nitrogens with one attached hydrogen (secondary N) is 1. The molecule has 0 unspecified atom stereocenters. The Labute approximate surface area is 191 Å². The third kappa shape index (κ3) is 8.57. The Kier molecular flexibility index (Phi) is 9.86. The standard InChI is InChI=1S/C21H23Cl2N3O3S/c22-16-8-9-18(17(23)13-16)29-12-4-7-20(28)25-21(30)26(11-10-19(24)27)14-15-5-2-1-3-6-15/h1-3,5-6,8-9,13H,4,7,10-12,14H2,(H2,24,27)(H,25,28,30). The Morgan fingerprint density at radius 1 is 1.10 bits per heavy atom. The van der Waals surface area contributed by atoms with Crippen LogP contribution in [0.4, 0.5) is 0 Å². The number of hydrogen-bond acceptors (Lipinski definition) is 4. The molecule has 0 aliphatic heterocycles. The fraction of sp³-hybridized carbons (Fsp3) is 0.286. The van der Waals surface area contributed by atoms with Gasteiger partial charge in [0, 0.05) is 31.0 Å². The number of nitrogens with two attached hydrogens (primary N) is 1. The van der Waals surface area contributed by atoms with Gasteiger partial charge in [-0.05, 0) is 42.4 Å². The summed E-state index contributed by atoms with van der Waals surface area (Å²) >= 11 is 17.3. The second-order valence-electron chi connectivity index (χ2n) is 6.50. The summed E-state index contributed by atoms with van der Waals surface area (Å²) in [5.41, 5.74) is 6.26. The fourth-order valence-electron chi connectivity index (χ4n) is 2.57. The molecule has 0 fully saturated rings. The molecular weight excluding hydrogens is 445 g/mol. The van der Waals surface area contributed by atoms with Gasteiger partial charge in [0.15, 0.2) is 5.11 Å². The van der Waals surface area contributed by atoms with Crippen molar-refractivity contribution in [3.05, 3.63) is 64.1 Å². The van der Waals surface area contributed by atoms with E-state index < -0.39 is 5.91 Å². The summed E-state index contributed by atoms with van der Waals surface area (Å²) < 4.78 is 5.57. The SMILES string of the molecule is NC(=O)CCN(Cc1ccccc1)C(=S)NC(=O)CCCOc1ccc(Cl)cc1Cl. The first-order valence-corrected chi connectivity index (χ1v) is 10.5. The highest BCUT2D eigenvalue weighted by Gasteiger charge is 2.14. The van der Waals surface area contributed by atoms with Crippen LogP contribution in [0, 0.1) is 0 Å². The second kappa shape index (κ2) is 12.4. The lowest BCUT2D eigenvalue weighted by Crippen LogP contribution is -2.43. The minimum absolute atomic E-state index is 0.137. The molecule has 2 aromatic carbocycles. The molecule has 6 nitrogen and oxygen atoms in total. The van der Waals surface area contributed by atoms with Crippen molar-refractivity contribution in [1.29, 1.82) is 0 Å². The molecule has 0 saturated heterocycles. The zero-order valence-corrected chi connectivity index (χ0v) is 18.6. The smallest absolute Gasteiger partial charge is 0.226 e. The first kappa shape index (κ1) is 23.9. The van der Waals surface area contributed by atoms with Gasteiger partial charge in [0.2, 0.25) is 11.8 Å². The molecule has 2 amide bonds. The third-order valence-electron chi connectivity index (χ3n) is 4.08. The number of primary amides is 1. The summed E-state index contributed by atoms with van der Waals surface area (Å²) in [6.45, 7) is 1.10. The number of ether oxygens (including phenoxy) is 1. The summed E-state index contributed by atoms with van der Waals surface area (Å²) in [7, 11) is 0. The molecule has 0 heterocycles. The number of carbonyl (C=O) groups excluding carboxylic acids is 2. The van der Waals surface area contributed by atoms with Gasteiger partial charge in [-0.25, -0.2) is 0 Å². The monoisotopic (exact) mass is 467 g/mol. The maximum absolute atomic E-state index is 12.3. The molecule has 9 heteroatoms.